The van der Waals surface area contributed by atoms with Crippen LogP contribution in [0.1, 0.15) is 16.7 Å². The van der Waals surface area contributed by atoms with E-state index < -0.39 is 5.60 Å². The number of carbonyl (C=O) groups excluding carboxylic acids is 1. The van der Waals surface area contributed by atoms with E-state index in [1.54, 1.807) is 30.2 Å². The van der Waals surface area contributed by atoms with E-state index in [4.69, 9.17) is 4.74 Å². The first-order valence-electron chi connectivity index (χ1n) is 9.13. The fourth-order valence-electron chi connectivity index (χ4n) is 3.47. The molecule has 28 heavy (non-hydrogen) atoms. The molecule has 1 aliphatic rings. The van der Waals surface area contributed by atoms with E-state index in [1.807, 2.05) is 72.8 Å². The van der Waals surface area contributed by atoms with Gasteiger partial charge in [-0.05, 0) is 34.9 Å². The number of rotatable bonds is 5. The molecule has 1 heterocycles. The van der Waals surface area contributed by atoms with Gasteiger partial charge in [0.1, 0.15) is 5.75 Å². The number of carbonyl (C=O) groups is 1. The maximum Gasteiger partial charge on any atom is 0.268 e. The van der Waals surface area contributed by atoms with Crippen molar-refractivity contribution in [2.45, 2.75) is 12.1 Å². The van der Waals surface area contributed by atoms with Crippen LogP contribution in [0.4, 0.5) is 0 Å². The Bertz CT molecular complexity index is 997. The third-order valence-corrected chi connectivity index (χ3v) is 4.99. The quantitative estimate of drug-likeness (QED) is 0.738. The van der Waals surface area contributed by atoms with E-state index in [1.165, 1.54) is 0 Å². The van der Waals surface area contributed by atoms with Gasteiger partial charge in [0.2, 0.25) is 0 Å². The molecule has 0 aliphatic carbocycles. The Kier molecular flexibility index (Phi) is 4.72. The van der Waals surface area contributed by atoms with Crippen LogP contribution in [0.15, 0.2) is 91.0 Å². The summed E-state index contributed by atoms with van der Waals surface area (Å²) in [4.78, 5) is 15.0. The molecule has 0 saturated carbocycles. The average Bonchev–Trinajstić information content (AvgIpc) is 3.02. The Balaban J connectivity index is 1.75. The predicted octanol–water partition coefficient (Wildman–Crippen LogP) is 3.97. The third-order valence-electron chi connectivity index (χ3n) is 4.99. The minimum absolute atomic E-state index is 0.353. The molecule has 0 bridgehead atoms. The summed E-state index contributed by atoms with van der Waals surface area (Å²) in [6, 6.07) is 26.3. The van der Waals surface area contributed by atoms with Crippen molar-refractivity contribution in [1.29, 1.82) is 0 Å². The third kappa shape index (κ3) is 3.19. The van der Waals surface area contributed by atoms with Crippen molar-refractivity contribution in [3.05, 3.63) is 108 Å². The van der Waals surface area contributed by atoms with Crippen LogP contribution in [0, 0.1) is 0 Å². The summed E-state index contributed by atoms with van der Waals surface area (Å²) in [5, 5.41) is 11.3. The Morgan fingerprint density at radius 2 is 1.50 bits per heavy atom. The zero-order chi connectivity index (χ0) is 19.6. The highest BCUT2D eigenvalue weighted by molar-refractivity contribution is 6.01. The van der Waals surface area contributed by atoms with E-state index in [2.05, 4.69) is 0 Å². The molecule has 1 N–H and O–H groups in total. The molecule has 3 aromatic carbocycles. The van der Waals surface area contributed by atoms with Crippen LogP contribution in [0.5, 0.6) is 5.75 Å². The van der Waals surface area contributed by atoms with Crippen molar-refractivity contribution in [3.8, 4) is 5.75 Å². The summed E-state index contributed by atoms with van der Waals surface area (Å²) < 4.78 is 5.21. The first-order chi connectivity index (χ1) is 13.6. The van der Waals surface area contributed by atoms with E-state index in [-0.39, 0.29) is 5.91 Å². The molecule has 4 nitrogen and oxygen atoms in total. The summed E-state index contributed by atoms with van der Waals surface area (Å²) in [5.74, 6) is 0.407. The first kappa shape index (κ1) is 18.0. The number of methoxy groups -OCH3 is 1. The summed E-state index contributed by atoms with van der Waals surface area (Å²) in [7, 11) is 1.62. The van der Waals surface area contributed by atoms with E-state index >= 15 is 0 Å². The second-order valence-electron chi connectivity index (χ2n) is 6.77. The number of amides is 1. The SMILES string of the molecule is COc1ccc(CN2C(=O)C(O)(c3ccccc3)C=C2c2ccccc2)cc1. The number of hydrogen-bond acceptors (Lipinski definition) is 3. The summed E-state index contributed by atoms with van der Waals surface area (Å²) in [5.41, 5.74) is 1.42. The molecule has 140 valence electrons. The maximum atomic E-state index is 13.3. The van der Waals surface area contributed by atoms with Crippen molar-refractivity contribution < 1.29 is 14.6 Å². The van der Waals surface area contributed by atoms with Crippen LogP contribution in [0.3, 0.4) is 0 Å². The molecular weight excluding hydrogens is 350 g/mol. The fraction of sp³-hybridized carbons (Fsp3) is 0.125. The van der Waals surface area contributed by atoms with Gasteiger partial charge in [0.05, 0.1) is 19.4 Å². The number of nitrogens with zero attached hydrogens (tertiary/aromatic N) is 1. The highest BCUT2D eigenvalue weighted by Crippen LogP contribution is 2.39. The normalized spacial score (nSPS) is 18.9. The van der Waals surface area contributed by atoms with Crippen LogP contribution < -0.4 is 4.74 Å². The van der Waals surface area contributed by atoms with Gasteiger partial charge in [-0.25, -0.2) is 0 Å². The summed E-state index contributed by atoms with van der Waals surface area (Å²) >= 11 is 0. The Morgan fingerprint density at radius 3 is 2.11 bits per heavy atom. The Hall–Kier alpha value is -3.37. The lowest BCUT2D eigenvalue weighted by atomic mass is 9.94. The van der Waals surface area contributed by atoms with Gasteiger partial charge in [0.25, 0.3) is 5.91 Å². The van der Waals surface area contributed by atoms with Crippen LogP contribution in [0.25, 0.3) is 5.70 Å². The lowest BCUT2D eigenvalue weighted by molar-refractivity contribution is -0.142. The van der Waals surface area contributed by atoms with Gasteiger partial charge in [-0.2, -0.15) is 0 Å². The van der Waals surface area contributed by atoms with Crippen molar-refractivity contribution in [3.63, 3.8) is 0 Å². The standard InChI is InChI=1S/C24H21NO3/c1-28-21-14-12-18(13-15-21)17-25-22(19-8-4-2-5-9-19)16-24(27,23(25)26)20-10-6-3-7-11-20/h2-16,27H,17H2,1H3. The molecule has 0 saturated heterocycles. The smallest absolute Gasteiger partial charge is 0.268 e. The highest BCUT2D eigenvalue weighted by atomic mass is 16.5. The van der Waals surface area contributed by atoms with Crippen LogP contribution in [-0.4, -0.2) is 23.0 Å². The predicted molar refractivity (Wildman–Crippen MR) is 108 cm³/mol. The minimum Gasteiger partial charge on any atom is -0.497 e. The number of hydrogen-bond donors (Lipinski definition) is 1. The summed E-state index contributed by atoms with van der Waals surface area (Å²) in [6.45, 7) is 0.360. The molecule has 4 heteroatoms. The molecule has 1 aliphatic heterocycles. The molecule has 1 unspecified atom stereocenters. The lowest BCUT2D eigenvalue weighted by Crippen LogP contribution is -2.38. The fourth-order valence-corrected chi connectivity index (χ4v) is 3.47. The number of ether oxygens (including phenoxy) is 1. The van der Waals surface area contributed by atoms with Gasteiger partial charge >= 0.3 is 0 Å². The van der Waals surface area contributed by atoms with Crippen molar-refractivity contribution >= 4 is 11.6 Å². The van der Waals surface area contributed by atoms with Gasteiger partial charge in [0.15, 0.2) is 5.60 Å². The van der Waals surface area contributed by atoms with E-state index in [0.717, 1.165) is 16.9 Å². The first-order valence-corrected chi connectivity index (χ1v) is 9.13. The molecule has 4 rings (SSSR count). The van der Waals surface area contributed by atoms with Crippen LogP contribution in [0.2, 0.25) is 0 Å². The molecular formula is C24H21NO3. The van der Waals surface area contributed by atoms with Gasteiger partial charge in [-0.3, -0.25) is 4.79 Å². The lowest BCUT2D eigenvalue weighted by Gasteiger charge is -2.25. The van der Waals surface area contributed by atoms with Gasteiger partial charge in [0, 0.05) is 0 Å². The second kappa shape index (κ2) is 7.33. The molecule has 1 atom stereocenters. The molecule has 1 amide bonds. The highest BCUT2D eigenvalue weighted by Gasteiger charge is 2.46. The van der Waals surface area contributed by atoms with Crippen molar-refractivity contribution in [1.82, 2.24) is 4.90 Å². The van der Waals surface area contributed by atoms with Gasteiger partial charge in [-0.15, -0.1) is 0 Å². The van der Waals surface area contributed by atoms with Gasteiger partial charge in [-0.1, -0.05) is 72.8 Å². The van der Waals surface area contributed by atoms with Crippen molar-refractivity contribution in [2.75, 3.05) is 7.11 Å². The molecule has 0 spiro atoms. The summed E-state index contributed by atoms with van der Waals surface area (Å²) in [6.07, 6.45) is 1.66. The van der Waals surface area contributed by atoms with Crippen LogP contribution in [-0.2, 0) is 16.9 Å². The number of benzene rings is 3. The van der Waals surface area contributed by atoms with Crippen molar-refractivity contribution in [2.24, 2.45) is 0 Å². The minimum atomic E-state index is -1.68. The second-order valence-corrected chi connectivity index (χ2v) is 6.77. The average molecular weight is 371 g/mol. The molecule has 0 aromatic heterocycles. The molecule has 0 radical (unpaired) electrons. The Morgan fingerprint density at radius 1 is 0.893 bits per heavy atom. The number of aliphatic hydroxyl groups is 1. The monoisotopic (exact) mass is 371 g/mol. The van der Waals surface area contributed by atoms with Crippen LogP contribution >= 0.6 is 0 Å². The molecule has 0 fully saturated rings. The topological polar surface area (TPSA) is 49.8 Å². The largest absolute Gasteiger partial charge is 0.497 e. The maximum absolute atomic E-state index is 13.3. The Labute approximate surface area is 164 Å². The zero-order valence-electron chi connectivity index (χ0n) is 15.6. The zero-order valence-corrected chi connectivity index (χ0v) is 15.6. The van der Waals surface area contributed by atoms with E-state index in [0.29, 0.717) is 17.8 Å². The van der Waals surface area contributed by atoms with Gasteiger partial charge < -0.3 is 14.7 Å². The van der Waals surface area contributed by atoms with E-state index in [9.17, 15) is 9.90 Å². The molecule has 3 aromatic rings.